The maximum absolute atomic E-state index is 9.26. The van der Waals surface area contributed by atoms with E-state index in [1.54, 1.807) is 13.8 Å². The van der Waals surface area contributed by atoms with Crippen molar-refractivity contribution in [3.63, 3.8) is 0 Å². The molecule has 0 aromatic heterocycles. The first kappa shape index (κ1) is 6.99. The molecule has 1 radical (unpaired) electrons. The highest BCUT2D eigenvalue weighted by Gasteiger charge is 2.34. The Morgan fingerprint density at radius 2 is 2.22 bits per heavy atom. The van der Waals surface area contributed by atoms with E-state index in [-0.39, 0.29) is 0 Å². The van der Waals surface area contributed by atoms with Gasteiger partial charge in [-0.2, -0.15) is 0 Å². The predicted molar refractivity (Wildman–Crippen MR) is 31.4 cm³/mol. The van der Waals surface area contributed by atoms with E-state index in [2.05, 4.69) is 0 Å². The SMILES string of the molecule is C[C]1OCCOC1(C)O. The second kappa shape index (κ2) is 2.25. The van der Waals surface area contributed by atoms with Gasteiger partial charge in [0.15, 0.2) is 11.9 Å². The Morgan fingerprint density at radius 1 is 1.56 bits per heavy atom. The Labute approximate surface area is 54.6 Å². The molecule has 9 heavy (non-hydrogen) atoms. The smallest absolute Gasteiger partial charge is 0.195 e. The normalized spacial score (nSPS) is 39.0. The maximum Gasteiger partial charge on any atom is 0.195 e. The molecule has 1 heterocycles. The van der Waals surface area contributed by atoms with Crippen LogP contribution < -0.4 is 0 Å². The first-order chi connectivity index (χ1) is 4.13. The predicted octanol–water partition coefficient (Wildman–Crippen LogP) is 0.294. The Balaban J connectivity index is 2.49. The van der Waals surface area contributed by atoms with Gasteiger partial charge in [-0.1, -0.05) is 0 Å². The summed E-state index contributed by atoms with van der Waals surface area (Å²) in [4.78, 5) is 0. The van der Waals surface area contributed by atoms with E-state index in [1.165, 1.54) is 0 Å². The summed E-state index contributed by atoms with van der Waals surface area (Å²) in [7, 11) is 0. The maximum atomic E-state index is 9.26. The molecule has 1 aliphatic rings. The first-order valence-corrected chi connectivity index (χ1v) is 2.96. The van der Waals surface area contributed by atoms with Crippen LogP contribution in [-0.2, 0) is 9.47 Å². The van der Waals surface area contributed by atoms with Gasteiger partial charge in [0.25, 0.3) is 0 Å². The van der Waals surface area contributed by atoms with E-state index in [0.717, 1.165) is 0 Å². The van der Waals surface area contributed by atoms with Crippen LogP contribution in [0.15, 0.2) is 0 Å². The molecule has 0 aromatic carbocycles. The Morgan fingerprint density at radius 3 is 2.56 bits per heavy atom. The minimum absolute atomic E-state index is 0.463. The van der Waals surface area contributed by atoms with Gasteiger partial charge in [-0.25, -0.2) is 0 Å². The molecule has 1 atom stereocenters. The van der Waals surface area contributed by atoms with Crippen LogP contribution in [0.3, 0.4) is 0 Å². The van der Waals surface area contributed by atoms with Crippen LogP contribution in [0.1, 0.15) is 13.8 Å². The largest absolute Gasteiger partial charge is 0.364 e. The van der Waals surface area contributed by atoms with Crippen molar-refractivity contribution in [3.8, 4) is 0 Å². The highest BCUT2D eigenvalue weighted by Crippen LogP contribution is 2.24. The van der Waals surface area contributed by atoms with Crippen LogP contribution in [-0.4, -0.2) is 24.1 Å². The summed E-state index contributed by atoms with van der Waals surface area (Å²) < 4.78 is 10.0. The van der Waals surface area contributed by atoms with Crippen molar-refractivity contribution in [2.24, 2.45) is 0 Å². The van der Waals surface area contributed by atoms with Crippen LogP contribution in [0.5, 0.6) is 0 Å². The number of ether oxygens (including phenoxy) is 2. The highest BCUT2D eigenvalue weighted by atomic mass is 16.7. The minimum Gasteiger partial charge on any atom is -0.364 e. The second-order valence-corrected chi connectivity index (χ2v) is 2.24. The zero-order valence-corrected chi connectivity index (χ0v) is 5.68. The zero-order chi connectivity index (χ0) is 6.91. The Bertz CT molecular complexity index is 100. The molecule has 0 spiro atoms. The summed E-state index contributed by atoms with van der Waals surface area (Å²) in [6.45, 7) is 4.28. The third kappa shape index (κ3) is 1.41. The van der Waals surface area contributed by atoms with E-state index in [1.807, 2.05) is 0 Å². The van der Waals surface area contributed by atoms with Crippen molar-refractivity contribution in [1.82, 2.24) is 0 Å². The minimum atomic E-state index is -1.17. The number of rotatable bonds is 0. The van der Waals surface area contributed by atoms with Gasteiger partial charge in [-0.05, 0) is 13.8 Å². The molecule has 0 aliphatic carbocycles. The van der Waals surface area contributed by atoms with Gasteiger partial charge in [-0.15, -0.1) is 0 Å². The summed E-state index contributed by atoms with van der Waals surface area (Å²) in [5, 5.41) is 9.26. The molecule has 0 saturated carbocycles. The lowest BCUT2D eigenvalue weighted by Gasteiger charge is -2.33. The summed E-state index contributed by atoms with van der Waals surface area (Å²) in [6, 6.07) is 0. The van der Waals surface area contributed by atoms with Crippen LogP contribution >= 0.6 is 0 Å². The molecule has 1 saturated heterocycles. The van der Waals surface area contributed by atoms with Gasteiger partial charge >= 0.3 is 0 Å². The Hall–Kier alpha value is -0.120. The van der Waals surface area contributed by atoms with Crippen LogP contribution in [0.2, 0.25) is 0 Å². The third-order valence-electron chi connectivity index (χ3n) is 1.44. The van der Waals surface area contributed by atoms with Crippen LogP contribution in [0, 0.1) is 6.10 Å². The third-order valence-corrected chi connectivity index (χ3v) is 1.44. The summed E-state index contributed by atoms with van der Waals surface area (Å²) in [5.41, 5.74) is 0. The number of hydrogen-bond donors (Lipinski definition) is 1. The van der Waals surface area contributed by atoms with Gasteiger partial charge in [0.2, 0.25) is 0 Å². The van der Waals surface area contributed by atoms with Gasteiger partial charge in [0.1, 0.15) is 0 Å². The molecule has 0 bridgehead atoms. The average molecular weight is 131 g/mol. The molecular formula is C6H11O3. The monoisotopic (exact) mass is 131 g/mol. The van der Waals surface area contributed by atoms with Crippen molar-refractivity contribution in [2.45, 2.75) is 19.6 Å². The molecule has 1 unspecified atom stereocenters. The molecular weight excluding hydrogens is 120 g/mol. The molecule has 53 valence electrons. The van der Waals surface area contributed by atoms with Crippen LogP contribution in [0.4, 0.5) is 0 Å². The van der Waals surface area contributed by atoms with E-state index >= 15 is 0 Å². The van der Waals surface area contributed by atoms with Crippen LogP contribution in [0.25, 0.3) is 0 Å². The molecule has 1 N–H and O–H groups in total. The quantitative estimate of drug-likeness (QED) is 0.513. The Kier molecular flexibility index (Phi) is 1.75. The van der Waals surface area contributed by atoms with E-state index < -0.39 is 5.79 Å². The van der Waals surface area contributed by atoms with E-state index in [9.17, 15) is 5.11 Å². The van der Waals surface area contributed by atoms with Gasteiger partial charge in [0.05, 0.1) is 13.2 Å². The standard InChI is InChI=1S/C6H11O3/c1-5-6(2,7)9-4-3-8-5/h7H,3-4H2,1-2H3. The topological polar surface area (TPSA) is 38.7 Å². The number of aliphatic hydroxyl groups is 1. The van der Waals surface area contributed by atoms with Crippen molar-refractivity contribution in [1.29, 1.82) is 0 Å². The molecule has 1 fully saturated rings. The molecule has 0 aromatic rings. The first-order valence-electron chi connectivity index (χ1n) is 2.96. The summed E-state index contributed by atoms with van der Waals surface area (Å²) in [5.74, 6) is -1.17. The fraction of sp³-hybridized carbons (Fsp3) is 0.833. The van der Waals surface area contributed by atoms with Gasteiger partial charge < -0.3 is 14.6 Å². The fourth-order valence-corrected chi connectivity index (χ4v) is 0.671. The van der Waals surface area contributed by atoms with Gasteiger partial charge in [0, 0.05) is 0 Å². The average Bonchev–Trinajstić information content (AvgIpc) is 1.77. The second-order valence-electron chi connectivity index (χ2n) is 2.24. The number of hydrogen-bond acceptors (Lipinski definition) is 3. The summed E-state index contributed by atoms with van der Waals surface area (Å²) >= 11 is 0. The molecule has 1 rings (SSSR count). The molecule has 0 amide bonds. The lowest BCUT2D eigenvalue weighted by Crippen LogP contribution is -2.41. The summed E-state index contributed by atoms with van der Waals surface area (Å²) in [6.07, 6.45) is 0.536. The highest BCUT2D eigenvalue weighted by molar-refractivity contribution is 4.89. The molecule has 3 nitrogen and oxygen atoms in total. The van der Waals surface area contributed by atoms with E-state index in [4.69, 9.17) is 9.47 Å². The molecule has 1 aliphatic heterocycles. The van der Waals surface area contributed by atoms with Crippen molar-refractivity contribution in [3.05, 3.63) is 6.10 Å². The molecule has 3 heteroatoms. The lowest BCUT2D eigenvalue weighted by atomic mass is 10.2. The van der Waals surface area contributed by atoms with Crippen molar-refractivity contribution in [2.75, 3.05) is 13.2 Å². The lowest BCUT2D eigenvalue weighted by molar-refractivity contribution is -0.248. The fourth-order valence-electron chi connectivity index (χ4n) is 0.671. The van der Waals surface area contributed by atoms with Crippen molar-refractivity contribution < 1.29 is 14.6 Å². The van der Waals surface area contributed by atoms with E-state index in [0.29, 0.717) is 19.3 Å². The van der Waals surface area contributed by atoms with Gasteiger partial charge in [-0.3, -0.25) is 0 Å². The van der Waals surface area contributed by atoms with Crippen molar-refractivity contribution >= 4 is 0 Å². The zero-order valence-electron chi connectivity index (χ0n) is 5.68.